The molecule has 1 aromatic rings. The summed E-state index contributed by atoms with van der Waals surface area (Å²) in [5.41, 5.74) is 1.12. The standard InChI is InChI=1S/C17H27ClN4O.HI/c1-4-10-20-16(23)9-11-21-17(19-5-2)22(3)13-14-7-6-8-15(18)12-14;/h6-8,12H,4-5,9-11,13H2,1-3H3,(H,19,21)(H,20,23);1H. The lowest BCUT2D eigenvalue weighted by atomic mass is 10.2. The van der Waals surface area contributed by atoms with Gasteiger partial charge in [-0.2, -0.15) is 0 Å². The van der Waals surface area contributed by atoms with Crippen LogP contribution < -0.4 is 10.6 Å². The zero-order valence-electron chi connectivity index (χ0n) is 14.6. The van der Waals surface area contributed by atoms with E-state index in [-0.39, 0.29) is 29.9 Å². The largest absolute Gasteiger partial charge is 0.357 e. The number of guanidine groups is 1. The van der Waals surface area contributed by atoms with Crippen molar-refractivity contribution < 1.29 is 4.79 Å². The SMILES string of the molecule is CCCNC(=O)CCN=C(NCC)N(C)Cc1cccc(Cl)c1.I. The summed E-state index contributed by atoms with van der Waals surface area (Å²) < 4.78 is 0. The van der Waals surface area contributed by atoms with Crippen LogP contribution in [0.5, 0.6) is 0 Å². The van der Waals surface area contributed by atoms with Crippen LogP contribution in [0.25, 0.3) is 0 Å². The fourth-order valence-corrected chi connectivity index (χ4v) is 2.28. The van der Waals surface area contributed by atoms with Gasteiger partial charge in [-0.1, -0.05) is 30.7 Å². The molecule has 136 valence electrons. The molecule has 2 N–H and O–H groups in total. The predicted octanol–water partition coefficient (Wildman–Crippen LogP) is 3.27. The van der Waals surface area contributed by atoms with Gasteiger partial charge in [-0.3, -0.25) is 9.79 Å². The van der Waals surface area contributed by atoms with E-state index in [9.17, 15) is 4.79 Å². The molecule has 0 spiro atoms. The van der Waals surface area contributed by atoms with Crippen LogP contribution in [-0.2, 0) is 11.3 Å². The van der Waals surface area contributed by atoms with Crippen molar-refractivity contribution in [3.8, 4) is 0 Å². The molecule has 0 saturated carbocycles. The van der Waals surface area contributed by atoms with Gasteiger partial charge >= 0.3 is 0 Å². The van der Waals surface area contributed by atoms with Crippen LogP contribution in [0.1, 0.15) is 32.3 Å². The Kier molecular flexibility index (Phi) is 12.7. The first-order valence-electron chi connectivity index (χ1n) is 8.07. The minimum atomic E-state index is 0. The third-order valence-electron chi connectivity index (χ3n) is 3.18. The molecule has 0 saturated heterocycles. The maximum absolute atomic E-state index is 11.6. The average Bonchev–Trinajstić information content (AvgIpc) is 2.52. The van der Waals surface area contributed by atoms with Crippen LogP contribution in [0.3, 0.4) is 0 Å². The summed E-state index contributed by atoms with van der Waals surface area (Å²) in [5, 5.41) is 6.83. The smallest absolute Gasteiger partial charge is 0.221 e. The van der Waals surface area contributed by atoms with Crippen molar-refractivity contribution in [1.29, 1.82) is 0 Å². The molecule has 1 amide bonds. The fourth-order valence-electron chi connectivity index (χ4n) is 2.07. The minimum absolute atomic E-state index is 0. The number of carbonyl (C=O) groups is 1. The number of nitrogens with one attached hydrogen (secondary N) is 2. The summed E-state index contributed by atoms with van der Waals surface area (Å²) in [5.74, 6) is 0.833. The topological polar surface area (TPSA) is 56.7 Å². The van der Waals surface area contributed by atoms with Gasteiger partial charge in [0, 0.05) is 38.1 Å². The second-order valence-corrected chi connectivity index (χ2v) is 5.76. The number of rotatable bonds is 8. The van der Waals surface area contributed by atoms with Crippen LogP contribution in [0.2, 0.25) is 5.02 Å². The Bertz CT molecular complexity index is 525. The number of nitrogens with zero attached hydrogens (tertiary/aromatic N) is 2. The highest BCUT2D eigenvalue weighted by Crippen LogP contribution is 2.12. The molecule has 5 nitrogen and oxygen atoms in total. The minimum Gasteiger partial charge on any atom is -0.357 e. The van der Waals surface area contributed by atoms with Gasteiger partial charge in [-0.15, -0.1) is 24.0 Å². The van der Waals surface area contributed by atoms with Gasteiger partial charge in [-0.05, 0) is 31.0 Å². The number of aliphatic imine (C=N–C) groups is 1. The highest BCUT2D eigenvalue weighted by molar-refractivity contribution is 14.0. The molecule has 1 rings (SSSR count). The van der Waals surface area contributed by atoms with Crippen LogP contribution in [-0.4, -0.2) is 43.4 Å². The third-order valence-corrected chi connectivity index (χ3v) is 3.41. The Morgan fingerprint density at radius 1 is 1.29 bits per heavy atom. The molecular formula is C17H28ClIN4O. The van der Waals surface area contributed by atoms with Gasteiger partial charge in [0.15, 0.2) is 5.96 Å². The van der Waals surface area contributed by atoms with Crippen molar-refractivity contribution >= 4 is 47.4 Å². The van der Waals surface area contributed by atoms with Crippen molar-refractivity contribution in [1.82, 2.24) is 15.5 Å². The molecule has 0 bridgehead atoms. The van der Waals surface area contributed by atoms with Gasteiger partial charge < -0.3 is 15.5 Å². The summed E-state index contributed by atoms with van der Waals surface area (Å²) in [6, 6.07) is 7.77. The molecule has 0 fully saturated rings. The van der Waals surface area contributed by atoms with E-state index in [0.29, 0.717) is 19.5 Å². The normalized spacial score (nSPS) is 10.8. The van der Waals surface area contributed by atoms with E-state index in [1.807, 2.05) is 50.1 Å². The first-order valence-corrected chi connectivity index (χ1v) is 8.45. The lowest BCUT2D eigenvalue weighted by Crippen LogP contribution is -2.38. The molecule has 24 heavy (non-hydrogen) atoms. The van der Waals surface area contributed by atoms with Crippen LogP contribution in [0.4, 0.5) is 0 Å². The van der Waals surface area contributed by atoms with E-state index in [1.165, 1.54) is 0 Å². The molecule has 0 aliphatic rings. The summed E-state index contributed by atoms with van der Waals surface area (Å²) in [4.78, 5) is 18.2. The zero-order valence-corrected chi connectivity index (χ0v) is 17.7. The van der Waals surface area contributed by atoms with Crippen LogP contribution in [0, 0.1) is 0 Å². The molecule has 7 heteroatoms. The lowest BCUT2D eigenvalue weighted by Gasteiger charge is -2.22. The molecule has 0 aliphatic heterocycles. The molecule has 0 aliphatic carbocycles. The second kappa shape index (κ2) is 13.3. The molecule has 0 unspecified atom stereocenters. The summed E-state index contributed by atoms with van der Waals surface area (Å²) >= 11 is 6.02. The number of hydrogen-bond acceptors (Lipinski definition) is 2. The third kappa shape index (κ3) is 9.32. The van der Waals surface area contributed by atoms with Gasteiger partial charge in [0.25, 0.3) is 0 Å². The zero-order chi connectivity index (χ0) is 17.1. The predicted molar refractivity (Wildman–Crippen MR) is 112 cm³/mol. The molecule has 0 atom stereocenters. The molecule has 0 heterocycles. The van der Waals surface area contributed by atoms with Gasteiger partial charge in [-0.25, -0.2) is 0 Å². The number of carbonyl (C=O) groups excluding carboxylic acids is 1. The summed E-state index contributed by atoms with van der Waals surface area (Å²) in [7, 11) is 1.97. The van der Waals surface area contributed by atoms with Crippen molar-refractivity contribution in [3.05, 3.63) is 34.9 Å². The first kappa shape index (κ1) is 23.0. The number of halogens is 2. The summed E-state index contributed by atoms with van der Waals surface area (Å²) in [6.45, 7) is 6.73. The van der Waals surface area contributed by atoms with Crippen molar-refractivity contribution in [2.45, 2.75) is 33.2 Å². The van der Waals surface area contributed by atoms with Crippen molar-refractivity contribution in [2.75, 3.05) is 26.7 Å². The fraction of sp³-hybridized carbons (Fsp3) is 0.529. The van der Waals surface area contributed by atoms with E-state index in [4.69, 9.17) is 11.6 Å². The Morgan fingerprint density at radius 3 is 2.67 bits per heavy atom. The second-order valence-electron chi connectivity index (χ2n) is 5.32. The highest BCUT2D eigenvalue weighted by atomic mass is 127. The summed E-state index contributed by atoms with van der Waals surface area (Å²) in [6.07, 6.45) is 1.35. The maximum atomic E-state index is 11.6. The highest BCUT2D eigenvalue weighted by Gasteiger charge is 2.07. The Labute approximate surface area is 167 Å². The Hall–Kier alpha value is -1.02. The molecule has 0 radical (unpaired) electrons. The Balaban J connectivity index is 0.00000529. The van der Waals surface area contributed by atoms with Gasteiger partial charge in [0.1, 0.15) is 0 Å². The van der Waals surface area contributed by atoms with E-state index in [1.54, 1.807) is 0 Å². The maximum Gasteiger partial charge on any atom is 0.221 e. The van der Waals surface area contributed by atoms with Gasteiger partial charge in [0.2, 0.25) is 5.91 Å². The molecule has 1 aromatic carbocycles. The van der Waals surface area contributed by atoms with E-state index in [2.05, 4.69) is 15.6 Å². The lowest BCUT2D eigenvalue weighted by molar-refractivity contribution is -0.120. The van der Waals surface area contributed by atoms with Crippen LogP contribution in [0.15, 0.2) is 29.3 Å². The first-order chi connectivity index (χ1) is 11.1. The van der Waals surface area contributed by atoms with E-state index >= 15 is 0 Å². The van der Waals surface area contributed by atoms with Crippen molar-refractivity contribution in [3.63, 3.8) is 0 Å². The van der Waals surface area contributed by atoms with Crippen molar-refractivity contribution in [2.24, 2.45) is 4.99 Å². The van der Waals surface area contributed by atoms with E-state index in [0.717, 1.165) is 36.1 Å². The quantitative estimate of drug-likeness (QED) is 0.351. The Morgan fingerprint density at radius 2 is 2.04 bits per heavy atom. The number of amides is 1. The van der Waals surface area contributed by atoms with Gasteiger partial charge in [0.05, 0.1) is 6.54 Å². The number of hydrogen-bond donors (Lipinski definition) is 2. The van der Waals surface area contributed by atoms with E-state index < -0.39 is 0 Å². The monoisotopic (exact) mass is 466 g/mol. The number of benzene rings is 1. The van der Waals surface area contributed by atoms with Crippen LogP contribution >= 0.6 is 35.6 Å². The average molecular weight is 467 g/mol. The molecular weight excluding hydrogens is 439 g/mol. The molecule has 0 aromatic heterocycles.